The van der Waals surface area contributed by atoms with Gasteiger partial charge < -0.3 is 9.47 Å². The molecule has 0 aliphatic heterocycles. The normalized spacial score (nSPS) is 31.9. The van der Waals surface area contributed by atoms with Crippen LogP contribution in [0.1, 0.15) is 136 Å². The van der Waals surface area contributed by atoms with Gasteiger partial charge in [0.15, 0.2) is 11.8 Å². The monoisotopic (exact) mass is 488 g/mol. The summed E-state index contributed by atoms with van der Waals surface area (Å²) in [5.41, 5.74) is 0. The molecular formula is C31H56N2O2. The summed E-state index contributed by atoms with van der Waals surface area (Å²) in [6, 6.07) is 1.02. The van der Waals surface area contributed by atoms with Gasteiger partial charge in [-0.15, -0.1) is 0 Å². The van der Waals surface area contributed by atoms with E-state index in [4.69, 9.17) is 19.5 Å². The van der Waals surface area contributed by atoms with E-state index in [1.807, 2.05) is 28.1 Å². The Morgan fingerprint density at radius 1 is 0.514 bits per heavy atom. The molecule has 0 aromatic carbocycles. The fourth-order valence-corrected chi connectivity index (χ4v) is 7.20. The molecule has 0 N–H and O–H groups in total. The summed E-state index contributed by atoms with van der Waals surface area (Å²) < 4.78 is 11.5. The number of ether oxygens (including phenoxy) is 2. The summed E-state index contributed by atoms with van der Waals surface area (Å²) >= 11 is 0. The minimum Gasteiger partial charge on any atom is -0.484 e. The zero-order valence-electron chi connectivity index (χ0n) is 23.6. The quantitative estimate of drug-likeness (QED) is 0.277. The first-order chi connectivity index (χ1) is 17.2. The van der Waals surface area contributed by atoms with E-state index in [1.54, 1.807) is 0 Å². The van der Waals surface area contributed by atoms with Crippen molar-refractivity contribution in [2.45, 2.75) is 148 Å². The van der Waals surface area contributed by atoms with Gasteiger partial charge in [0, 0.05) is 11.8 Å². The summed E-state index contributed by atoms with van der Waals surface area (Å²) in [5, 5.41) is 0. The van der Waals surface area contributed by atoms with Crippen molar-refractivity contribution < 1.29 is 9.47 Å². The number of nitrogens with zero attached hydrogens (tertiary/aromatic N) is 2. The number of rotatable bonds is 6. The molecule has 0 heterocycles. The maximum Gasteiger partial charge on any atom is 0.186 e. The second kappa shape index (κ2) is 15.9. The van der Waals surface area contributed by atoms with Crippen LogP contribution in [0, 0.1) is 23.7 Å². The smallest absolute Gasteiger partial charge is 0.186 e. The summed E-state index contributed by atoms with van der Waals surface area (Å²) in [4.78, 5) is 10.2. The molecule has 4 fully saturated rings. The maximum atomic E-state index is 5.76. The zero-order valence-corrected chi connectivity index (χ0v) is 23.6. The Balaban J connectivity index is 0.00000167. The van der Waals surface area contributed by atoms with Crippen molar-refractivity contribution in [3.63, 3.8) is 0 Å². The Morgan fingerprint density at radius 2 is 0.857 bits per heavy atom. The molecule has 202 valence electrons. The fourth-order valence-electron chi connectivity index (χ4n) is 7.20. The molecule has 4 aliphatic rings. The van der Waals surface area contributed by atoms with Crippen LogP contribution in [0.2, 0.25) is 0 Å². The van der Waals surface area contributed by atoms with E-state index < -0.39 is 0 Å². The molecule has 0 amide bonds. The Kier molecular flexibility index (Phi) is 13.0. The average molecular weight is 489 g/mol. The van der Waals surface area contributed by atoms with E-state index in [9.17, 15) is 0 Å². The first kappa shape index (κ1) is 28.5. The largest absolute Gasteiger partial charge is 0.484 e. The number of aliphatic imine (C=N–C) groups is 2. The Morgan fingerprint density at radius 3 is 1.17 bits per heavy atom. The second-order valence-corrected chi connectivity index (χ2v) is 11.6. The van der Waals surface area contributed by atoms with Crippen LogP contribution in [-0.2, 0) is 9.47 Å². The van der Waals surface area contributed by atoms with Gasteiger partial charge in [-0.3, -0.25) is 9.98 Å². The highest BCUT2D eigenvalue weighted by atomic mass is 16.5. The summed E-state index contributed by atoms with van der Waals surface area (Å²) in [6.45, 7) is 4.00. The SMILES string of the molecule is CC.COC(=NC1CCC(CC2CCC(N=C(OC)C3CCCCC3)CC2)CC1)C1CCCCC1. The van der Waals surface area contributed by atoms with Crippen LogP contribution >= 0.6 is 0 Å². The van der Waals surface area contributed by atoms with E-state index in [1.165, 1.54) is 122 Å². The molecule has 0 unspecified atom stereocenters. The lowest BCUT2D eigenvalue weighted by Gasteiger charge is -2.33. The topological polar surface area (TPSA) is 43.2 Å². The molecule has 4 heteroatoms. The van der Waals surface area contributed by atoms with Crippen molar-refractivity contribution >= 4 is 11.8 Å². The van der Waals surface area contributed by atoms with Crippen molar-refractivity contribution in [1.82, 2.24) is 0 Å². The lowest BCUT2D eigenvalue weighted by molar-refractivity contribution is 0.222. The molecule has 4 nitrogen and oxygen atoms in total. The summed E-state index contributed by atoms with van der Waals surface area (Å²) in [7, 11) is 3.68. The Labute approximate surface area is 217 Å². The van der Waals surface area contributed by atoms with Gasteiger partial charge in [0.1, 0.15) is 0 Å². The van der Waals surface area contributed by atoms with E-state index in [-0.39, 0.29) is 0 Å². The van der Waals surface area contributed by atoms with Crippen molar-refractivity contribution in [1.29, 1.82) is 0 Å². The zero-order chi connectivity index (χ0) is 24.9. The lowest BCUT2D eigenvalue weighted by atomic mass is 9.76. The van der Waals surface area contributed by atoms with Gasteiger partial charge in [-0.1, -0.05) is 52.4 Å². The van der Waals surface area contributed by atoms with Crippen LogP contribution in [-0.4, -0.2) is 38.1 Å². The molecule has 0 atom stereocenters. The van der Waals surface area contributed by atoms with Crippen LogP contribution in [0.15, 0.2) is 9.98 Å². The van der Waals surface area contributed by atoms with Gasteiger partial charge >= 0.3 is 0 Å². The van der Waals surface area contributed by atoms with Gasteiger partial charge in [-0.25, -0.2) is 0 Å². The first-order valence-corrected chi connectivity index (χ1v) is 15.5. The third kappa shape index (κ3) is 9.08. The van der Waals surface area contributed by atoms with E-state index in [0.717, 1.165) is 23.6 Å². The maximum absolute atomic E-state index is 5.76. The standard InChI is InChI=1S/C29H50N2O2.C2H6/c1-32-28(24-9-5-3-6-10-24)30-26-17-13-22(14-18-26)21-23-15-19-27(20-16-23)31-29(33-2)25-11-7-4-8-12-25;1-2/h22-27H,3-21H2,1-2H3;1-2H3. The van der Waals surface area contributed by atoms with Crippen LogP contribution in [0.25, 0.3) is 0 Å². The molecule has 0 saturated heterocycles. The number of hydrogen-bond acceptors (Lipinski definition) is 4. The highest BCUT2D eigenvalue weighted by molar-refractivity contribution is 5.79. The third-order valence-electron chi connectivity index (χ3n) is 9.25. The third-order valence-corrected chi connectivity index (χ3v) is 9.25. The molecule has 0 bridgehead atoms. The molecule has 0 aromatic rings. The molecule has 35 heavy (non-hydrogen) atoms. The van der Waals surface area contributed by atoms with Gasteiger partial charge in [-0.2, -0.15) is 0 Å². The predicted octanol–water partition coefficient (Wildman–Crippen LogP) is 8.77. The Bertz CT molecular complexity index is 564. The molecule has 4 saturated carbocycles. The van der Waals surface area contributed by atoms with E-state index in [2.05, 4.69) is 0 Å². The van der Waals surface area contributed by atoms with E-state index >= 15 is 0 Å². The lowest BCUT2D eigenvalue weighted by Crippen LogP contribution is -2.27. The molecule has 0 radical (unpaired) electrons. The van der Waals surface area contributed by atoms with Crippen molar-refractivity contribution in [3.8, 4) is 0 Å². The highest BCUT2D eigenvalue weighted by Crippen LogP contribution is 2.37. The molecular weight excluding hydrogens is 432 g/mol. The minimum absolute atomic E-state index is 0.510. The van der Waals surface area contributed by atoms with Gasteiger partial charge in [0.25, 0.3) is 0 Å². The molecule has 0 aromatic heterocycles. The fraction of sp³-hybridized carbons (Fsp3) is 0.935. The highest BCUT2D eigenvalue weighted by Gasteiger charge is 2.29. The van der Waals surface area contributed by atoms with Crippen LogP contribution < -0.4 is 0 Å². The van der Waals surface area contributed by atoms with E-state index in [0.29, 0.717) is 23.9 Å². The van der Waals surface area contributed by atoms with Gasteiger partial charge in [0.05, 0.1) is 26.3 Å². The van der Waals surface area contributed by atoms with Crippen molar-refractivity contribution in [2.24, 2.45) is 33.7 Å². The summed E-state index contributed by atoms with van der Waals surface area (Å²) in [5.74, 6) is 5.16. The molecule has 0 spiro atoms. The molecule has 4 rings (SSSR count). The minimum atomic E-state index is 0.510. The van der Waals surface area contributed by atoms with Crippen LogP contribution in [0.4, 0.5) is 0 Å². The first-order valence-electron chi connectivity index (χ1n) is 15.5. The Hall–Kier alpha value is -1.06. The molecule has 4 aliphatic carbocycles. The average Bonchev–Trinajstić information content (AvgIpc) is 2.94. The number of methoxy groups -OCH3 is 2. The van der Waals surface area contributed by atoms with Crippen molar-refractivity contribution in [2.75, 3.05) is 14.2 Å². The van der Waals surface area contributed by atoms with Crippen LogP contribution in [0.5, 0.6) is 0 Å². The van der Waals surface area contributed by atoms with Crippen LogP contribution in [0.3, 0.4) is 0 Å². The van der Waals surface area contributed by atoms with Gasteiger partial charge in [0.2, 0.25) is 0 Å². The van der Waals surface area contributed by atoms with Crippen molar-refractivity contribution in [3.05, 3.63) is 0 Å². The predicted molar refractivity (Wildman–Crippen MR) is 149 cm³/mol. The summed E-state index contributed by atoms with van der Waals surface area (Å²) in [6.07, 6.45) is 25.2. The second-order valence-electron chi connectivity index (χ2n) is 11.6. The van der Waals surface area contributed by atoms with Gasteiger partial charge in [-0.05, 0) is 95.3 Å². The number of hydrogen-bond donors (Lipinski definition) is 0.